The van der Waals surface area contributed by atoms with Crippen LogP contribution < -0.4 is 14.9 Å². The molecule has 0 radical (unpaired) electrons. The number of aromatic nitrogens is 1. The Morgan fingerprint density at radius 2 is 1.92 bits per heavy atom. The summed E-state index contributed by atoms with van der Waals surface area (Å²) in [5.74, 6) is 1.02. The molecule has 128 valence electrons. The van der Waals surface area contributed by atoms with Crippen molar-refractivity contribution in [2.45, 2.75) is 0 Å². The van der Waals surface area contributed by atoms with Crippen molar-refractivity contribution in [2.24, 2.45) is 5.10 Å². The number of benzene rings is 2. The number of ether oxygens (including phenoxy) is 2. The van der Waals surface area contributed by atoms with E-state index in [0.29, 0.717) is 22.1 Å². The van der Waals surface area contributed by atoms with Gasteiger partial charge >= 0.3 is 0 Å². The molecule has 25 heavy (non-hydrogen) atoms. The lowest BCUT2D eigenvalue weighted by Crippen LogP contribution is -1.92. The van der Waals surface area contributed by atoms with Crippen LogP contribution >= 0.6 is 11.3 Å². The summed E-state index contributed by atoms with van der Waals surface area (Å²) in [6.45, 7) is 0. The first kappa shape index (κ1) is 16.9. The minimum atomic E-state index is -0.337. The highest BCUT2D eigenvalue weighted by Crippen LogP contribution is 2.32. The molecule has 0 unspecified atom stereocenters. The number of halogens is 1. The number of hydrogen-bond donors (Lipinski definition) is 1. The van der Waals surface area contributed by atoms with E-state index in [1.165, 1.54) is 23.5 Å². The smallest absolute Gasteiger partial charge is 0.203 e. The summed E-state index contributed by atoms with van der Waals surface area (Å²) < 4.78 is 23.9. The molecule has 0 bridgehead atoms. The first-order chi connectivity index (χ1) is 12.2. The number of rotatable bonds is 6. The predicted molar refractivity (Wildman–Crippen MR) is 98.3 cm³/mol. The van der Waals surface area contributed by atoms with Crippen molar-refractivity contribution in [3.63, 3.8) is 0 Å². The molecule has 0 saturated heterocycles. The number of hydrogen-bond acceptors (Lipinski definition) is 6. The van der Waals surface area contributed by atoms with Crippen molar-refractivity contribution in [2.75, 3.05) is 19.6 Å². The van der Waals surface area contributed by atoms with E-state index in [2.05, 4.69) is 15.5 Å². The molecule has 0 saturated carbocycles. The van der Waals surface area contributed by atoms with Gasteiger partial charge in [-0.3, -0.25) is 5.43 Å². The maximum Gasteiger partial charge on any atom is 0.203 e. The molecule has 1 aromatic heterocycles. The normalized spacial score (nSPS) is 10.8. The van der Waals surface area contributed by atoms with E-state index in [4.69, 9.17) is 9.47 Å². The van der Waals surface area contributed by atoms with E-state index in [-0.39, 0.29) is 5.82 Å². The molecule has 0 amide bonds. The van der Waals surface area contributed by atoms with Gasteiger partial charge in [0.2, 0.25) is 5.13 Å². The van der Waals surface area contributed by atoms with Crippen LogP contribution in [0, 0.1) is 5.82 Å². The molecule has 0 spiro atoms. The summed E-state index contributed by atoms with van der Waals surface area (Å²) in [6.07, 6.45) is 1.68. The molecular weight excluding hydrogens is 341 g/mol. The van der Waals surface area contributed by atoms with Gasteiger partial charge in [-0.2, -0.15) is 5.10 Å². The van der Waals surface area contributed by atoms with Crippen LogP contribution in [0.15, 0.2) is 52.9 Å². The van der Waals surface area contributed by atoms with Crippen LogP contribution in [0.1, 0.15) is 5.56 Å². The molecule has 0 aliphatic rings. The summed E-state index contributed by atoms with van der Waals surface area (Å²) in [4.78, 5) is 4.42. The lowest BCUT2D eigenvalue weighted by Gasteiger charge is -2.05. The highest BCUT2D eigenvalue weighted by molar-refractivity contribution is 7.14. The fourth-order valence-corrected chi connectivity index (χ4v) is 2.84. The summed E-state index contributed by atoms with van der Waals surface area (Å²) in [5.41, 5.74) is 5.03. The number of hydrazone groups is 1. The third-order valence-corrected chi connectivity index (χ3v) is 4.18. The van der Waals surface area contributed by atoms with Gasteiger partial charge in [0.15, 0.2) is 0 Å². The molecule has 2 aromatic carbocycles. The molecule has 0 aliphatic heterocycles. The topological polar surface area (TPSA) is 55.7 Å². The second-order valence-corrected chi connectivity index (χ2v) is 5.88. The first-order valence-corrected chi connectivity index (χ1v) is 8.30. The van der Waals surface area contributed by atoms with Crippen molar-refractivity contribution in [1.82, 2.24) is 4.98 Å². The van der Waals surface area contributed by atoms with Crippen LogP contribution in [0.25, 0.3) is 11.3 Å². The van der Waals surface area contributed by atoms with E-state index in [1.54, 1.807) is 26.5 Å². The van der Waals surface area contributed by atoms with Gasteiger partial charge in [-0.05, 0) is 48.0 Å². The Bertz CT molecular complexity index is 878. The molecule has 3 rings (SSSR count). The largest absolute Gasteiger partial charge is 0.497 e. The van der Waals surface area contributed by atoms with Gasteiger partial charge in [-0.25, -0.2) is 9.37 Å². The molecule has 0 atom stereocenters. The highest BCUT2D eigenvalue weighted by atomic mass is 32.1. The molecule has 3 aromatic rings. The van der Waals surface area contributed by atoms with Crippen molar-refractivity contribution >= 4 is 22.7 Å². The first-order valence-electron chi connectivity index (χ1n) is 7.42. The third kappa shape index (κ3) is 4.13. The van der Waals surface area contributed by atoms with Crippen molar-refractivity contribution in [3.8, 4) is 22.8 Å². The lowest BCUT2D eigenvalue weighted by atomic mass is 10.1. The average molecular weight is 357 g/mol. The Kier molecular flexibility index (Phi) is 5.25. The molecule has 0 aliphatic carbocycles. The minimum Gasteiger partial charge on any atom is -0.497 e. The molecule has 1 N–H and O–H groups in total. The van der Waals surface area contributed by atoms with E-state index in [1.807, 2.05) is 29.6 Å². The fraction of sp³-hybridized carbons (Fsp3) is 0.111. The minimum absolute atomic E-state index is 0.337. The standard InChI is InChI=1S/C18H16FN3O2S/c1-23-14-6-3-12(4-7-14)10-20-22-18-21-16(11-25-18)15-9-13(19)5-8-17(15)24-2/h3-11H,1-2H3,(H,21,22)/b20-10-. The van der Waals surface area contributed by atoms with Gasteiger partial charge in [-0.1, -0.05) is 0 Å². The zero-order valence-electron chi connectivity index (χ0n) is 13.7. The fourth-order valence-electron chi connectivity index (χ4n) is 2.18. The van der Waals surface area contributed by atoms with E-state index >= 15 is 0 Å². The van der Waals surface area contributed by atoms with E-state index in [9.17, 15) is 4.39 Å². The maximum atomic E-state index is 13.5. The molecule has 7 heteroatoms. The quantitative estimate of drug-likeness (QED) is 0.524. The highest BCUT2D eigenvalue weighted by Gasteiger charge is 2.11. The van der Waals surface area contributed by atoms with Crippen molar-refractivity contribution in [3.05, 3.63) is 59.2 Å². The third-order valence-electron chi connectivity index (χ3n) is 3.43. The Labute approximate surface area is 148 Å². The Balaban J connectivity index is 1.71. The van der Waals surface area contributed by atoms with Crippen LogP contribution in [-0.4, -0.2) is 25.4 Å². The summed E-state index contributed by atoms with van der Waals surface area (Å²) in [7, 11) is 3.17. The van der Waals surface area contributed by atoms with Gasteiger partial charge in [0.1, 0.15) is 17.3 Å². The number of anilines is 1. The number of nitrogens with one attached hydrogen (secondary N) is 1. The second kappa shape index (κ2) is 7.76. The van der Waals surface area contributed by atoms with E-state index < -0.39 is 0 Å². The van der Waals surface area contributed by atoms with E-state index in [0.717, 1.165) is 11.3 Å². The van der Waals surface area contributed by atoms with Crippen LogP contribution in [0.4, 0.5) is 9.52 Å². The lowest BCUT2D eigenvalue weighted by molar-refractivity contribution is 0.415. The summed E-state index contributed by atoms with van der Waals surface area (Å²) in [5, 5.41) is 6.59. The Hall–Kier alpha value is -2.93. The van der Waals surface area contributed by atoms with Gasteiger partial charge in [0.05, 0.1) is 26.1 Å². The summed E-state index contributed by atoms with van der Waals surface area (Å²) in [6, 6.07) is 11.9. The second-order valence-electron chi connectivity index (χ2n) is 5.03. The average Bonchev–Trinajstić information content (AvgIpc) is 3.11. The Morgan fingerprint density at radius 1 is 1.12 bits per heavy atom. The van der Waals surface area contributed by atoms with Crippen LogP contribution in [0.3, 0.4) is 0 Å². The molecule has 0 fully saturated rings. The molecule has 5 nitrogen and oxygen atoms in total. The van der Waals surface area contributed by atoms with Crippen LogP contribution in [0.5, 0.6) is 11.5 Å². The van der Waals surface area contributed by atoms with Gasteiger partial charge in [0, 0.05) is 10.9 Å². The zero-order chi connectivity index (χ0) is 17.6. The maximum absolute atomic E-state index is 13.5. The SMILES string of the molecule is COc1ccc(/C=N\Nc2nc(-c3cc(F)ccc3OC)cs2)cc1. The predicted octanol–water partition coefficient (Wildman–Crippen LogP) is 4.41. The van der Waals surface area contributed by atoms with Gasteiger partial charge in [0.25, 0.3) is 0 Å². The Morgan fingerprint density at radius 3 is 2.64 bits per heavy atom. The number of thiazole rings is 1. The zero-order valence-corrected chi connectivity index (χ0v) is 14.5. The van der Waals surface area contributed by atoms with Gasteiger partial charge in [-0.15, -0.1) is 11.3 Å². The van der Waals surface area contributed by atoms with Crippen molar-refractivity contribution in [1.29, 1.82) is 0 Å². The number of methoxy groups -OCH3 is 2. The summed E-state index contributed by atoms with van der Waals surface area (Å²) >= 11 is 1.38. The van der Waals surface area contributed by atoms with Crippen molar-refractivity contribution < 1.29 is 13.9 Å². The molecular formula is C18H16FN3O2S. The van der Waals surface area contributed by atoms with Gasteiger partial charge < -0.3 is 9.47 Å². The van der Waals surface area contributed by atoms with Crippen LogP contribution in [0.2, 0.25) is 0 Å². The number of nitrogens with zero attached hydrogens (tertiary/aromatic N) is 2. The monoisotopic (exact) mass is 357 g/mol. The molecule has 1 heterocycles. The van der Waals surface area contributed by atoms with Crippen LogP contribution in [-0.2, 0) is 0 Å².